The molecule has 4 atom stereocenters. The first kappa shape index (κ1) is 15.3. The van der Waals surface area contributed by atoms with Crippen molar-refractivity contribution >= 4 is 0 Å². The van der Waals surface area contributed by atoms with Gasteiger partial charge < -0.3 is 10.1 Å². The fourth-order valence-electron chi connectivity index (χ4n) is 4.11. The smallest absolute Gasteiger partial charge is 0.0812 e. The molecule has 2 nitrogen and oxygen atoms in total. The van der Waals surface area contributed by atoms with Crippen LogP contribution in [-0.2, 0) is 4.74 Å². The lowest BCUT2D eigenvalue weighted by atomic mass is 9.78. The molecule has 2 rings (SSSR count). The van der Waals surface area contributed by atoms with Gasteiger partial charge >= 0.3 is 0 Å². The first-order valence-corrected chi connectivity index (χ1v) is 8.52. The van der Waals surface area contributed by atoms with E-state index in [0.717, 1.165) is 24.9 Å². The van der Waals surface area contributed by atoms with Gasteiger partial charge in [-0.05, 0) is 44.1 Å². The number of nitrogens with one attached hydrogen (secondary N) is 1. The number of hydrogen-bond donors (Lipinski definition) is 1. The molecule has 0 saturated heterocycles. The van der Waals surface area contributed by atoms with Crippen molar-refractivity contribution in [2.75, 3.05) is 13.1 Å². The third-order valence-electron chi connectivity index (χ3n) is 5.05. The van der Waals surface area contributed by atoms with Crippen LogP contribution in [0.25, 0.3) is 0 Å². The van der Waals surface area contributed by atoms with Crippen LogP contribution in [0.1, 0.15) is 72.1 Å². The number of rotatable bonds is 5. The van der Waals surface area contributed by atoms with Crippen LogP contribution in [0, 0.1) is 11.8 Å². The first-order valence-electron chi connectivity index (χ1n) is 8.52. The topological polar surface area (TPSA) is 21.3 Å². The van der Waals surface area contributed by atoms with Crippen molar-refractivity contribution in [3.63, 3.8) is 0 Å². The summed E-state index contributed by atoms with van der Waals surface area (Å²) in [6.45, 7) is 9.09. The molecule has 4 unspecified atom stereocenters. The molecule has 0 spiro atoms. The van der Waals surface area contributed by atoms with Crippen LogP contribution >= 0.6 is 0 Å². The van der Waals surface area contributed by atoms with Gasteiger partial charge in [0.1, 0.15) is 0 Å². The molecule has 0 aliphatic heterocycles. The Morgan fingerprint density at radius 1 is 1.11 bits per heavy atom. The van der Waals surface area contributed by atoms with E-state index in [0.29, 0.717) is 6.10 Å². The summed E-state index contributed by atoms with van der Waals surface area (Å²) in [5.74, 6) is 1.68. The molecular weight excluding hydrogens is 234 g/mol. The minimum absolute atomic E-state index is 0.134. The molecule has 112 valence electrons. The Morgan fingerprint density at radius 3 is 2.58 bits per heavy atom. The molecule has 0 bridgehead atoms. The van der Waals surface area contributed by atoms with Crippen molar-refractivity contribution in [2.45, 2.75) is 83.8 Å². The van der Waals surface area contributed by atoms with Crippen molar-refractivity contribution in [3.8, 4) is 0 Å². The lowest BCUT2D eigenvalue weighted by Crippen LogP contribution is -2.49. The fourth-order valence-corrected chi connectivity index (χ4v) is 4.11. The van der Waals surface area contributed by atoms with Gasteiger partial charge in [0.25, 0.3) is 0 Å². The summed E-state index contributed by atoms with van der Waals surface area (Å²) in [6, 6.07) is 0. The van der Waals surface area contributed by atoms with E-state index in [4.69, 9.17) is 4.74 Å². The van der Waals surface area contributed by atoms with Gasteiger partial charge in [0.15, 0.2) is 0 Å². The van der Waals surface area contributed by atoms with E-state index in [9.17, 15) is 0 Å². The summed E-state index contributed by atoms with van der Waals surface area (Å²) < 4.78 is 6.70. The molecule has 0 aromatic carbocycles. The van der Waals surface area contributed by atoms with E-state index in [1.165, 1.54) is 51.4 Å². The van der Waals surface area contributed by atoms with E-state index in [1.54, 1.807) is 0 Å². The standard InChI is InChI=1S/C17H33NO/c1-4-18-13-17(10-6-8-15(3)12-17)19-16-9-5-7-14(2)11-16/h14-16,18H,4-13H2,1-3H3. The van der Waals surface area contributed by atoms with Crippen molar-refractivity contribution in [3.05, 3.63) is 0 Å². The number of ether oxygens (including phenoxy) is 1. The molecule has 2 aliphatic rings. The van der Waals surface area contributed by atoms with Gasteiger partial charge in [0.05, 0.1) is 11.7 Å². The molecule has 0 amide bonds. The van der Waals surface area contributed by atoms with Gasteiger partial charge in [0, 0.05) is 6.54 Å². The van der Waals surface area contributed by atoms with Crippen LogP contribution in [0.4, 0.5) is 0 Å². The van der Waals surface area contributed by atoms with Crippen molar-refractivity contribution in [2.24, 2.45) is 11.8 Å². The van der Waals surface area contributed by atoms with Gasteiger partial charge in [-0.3, -0.25) is 0 Å². The average Bonchev–Trinajstić information content (AvgIpc) is 2.36. The zero-order valence-electron chi connectivity index (χ0n) is 13.2. The van der Waals surface area contributed by atoms with Crippen LogP contribution in [0.15, 0.2) is 0 Å². The van der Waals surface area contributed by atoms with E-state index in [-0.39, 0.29) is 5.60 Å². The summed E-state index contributed by atoms with van der Waals surface area (Å²) >= 11 is 0. The Hall–Kier alpha value is -0.0800. The molecule has 2 fully saturated rings. The van der Waals surface area contributed by atoms with E-state index in [2.05, 4.69) is 26.1 Å². The molecule has 2 aliphatic carbocycles. The second-order valence-electron chi connectivity index (χ2n) is 7.18. The van der Waals surface area contributed by atoms with Crippen molar-refractivity contribution < 1.29 is 4.74 Å². The highest BCUT2D eigenvalue weighted by Crippen LogP contribution is 2.38. The van der Waals surface area contributed by atoms with Gasteiger partial charge in [-0.1, -0.05) is 46.5 Å². The molecule has 0 heterocycles. The lowest BCUT2D eigenvalue weighted by molar-refractivity contribution is -0.133. The second-order valence-corrected chi connectivity index (χ2v) is 7.18. The van der Waals surface area contributed by atoms with Crippen LogP contribution in [-0.4, -0.2) is 24.8 Å². The van der Waals surface area contributed by atoms with Crippen LogP contribution in [0.5, 0.6) is 0 Å². The monoisotopic (exact) mass is 267 g/mol. The van der Waals surface area contributed by atoms with E-state index in [1.807, 2.05) is 0 Å². The van der Waals surface area contributed by atoms with Crippen molar-refractivity contribution in [1.82, 2.24) is 5.32 Å². The Balaban J connectivity index is 1.96. The maximum absolute atomic E-state index is 6.70. The predicted octanol–water partition coefficient (Wildman–Crippen LogP) is 4.14. The second kappa shape index (κ2) is 7.08. The molecule has 0 aromatic heterocycles. The van der Waals surface area contributed by atoms with E-state index < -0.39 is 0 Å². The molecule has 2 saturated carbocycles. The van der Waals surface area contributed by atoms with Gasteiger partial charge in [0.2, 0.25) is 0 Å². The Labute approximate surface area is 119 Å². The lowest BCUT2D eigenvalue weighted by Gasteiger charge is -2.44. The summed E-state index contributed by atoms with van der Waals surface area (Å²) in [5.41, 5.74) is 0.134. The minimum Gasteiger partial charge on any atom is -0.370 e. The van der Waals surface area contributed by atoms with Crippen LogP contribution in [0.3, 0.4) is 0 Å². The first-order chi connectivity index (χ1) is 9.13. The molecule has 0 aromatic rings. The maximum Gasteiger partial charge on any atom is 0.0812 e. The van der Waals surface area contributed by atoms with Gasteiger partial charge in [-0.15, -0.1) is 0 Å². The van der Waals surface area contributed by atoms with E-state index >= 15 is 0 Å². The molecule has 2 heteroatoms. The molecule has 0 radical (unpaired) electrons. The van der Waals surface area contributed by atoms with Crippen LogP contribution in [0.2, 0.25) is 0 Å². The quantitative estimate of drug-likeness (QED) is 0.808. The van der Waals surface area contributed by atoms with Crippen molar-refractivity contribution in [1.29, 1.82) is 0 Å². The highest BCUT2D eigenvalue weighted by Gasteiger charge is 2.38. The summed E-state index contributed by atoms with van der Waals surface area (Å²) in [6.07, 6.45) is 11.1. The number of likely N-dealkylation sites (N-methyl/N-ethyl adjacent to an activating group) is 1. The van der Waals surface area contributed by atoms with Gasteiger partial charge in [-0.25, -0.2) is 0 Å². The zero-order valence-corrected chi connectivity index (χ0v) is 13.2. The largest absolute Gasteiger partial charge is 0.370 e. The average molecular weight is 267 g/mol. The molecule has 19 heavy (non-hydrogen) atoms. The Bertz CT molecular complexity index is 268. The normalized spacial score (nSPS) is 40.3. The third-order valence-corrected chi connectivity index (χ3v) is 5.05. The minimum atomic E-state index is 0.134. The van der Waals surface area contributed by atoms with Crippen LogP contribution < -0.4 is 5.32 Å². The Morgan fingerprint density at radius 2 is 1.89 bits per heavy atom. The Kier molecular flexibility index (Phi) is 5.70. The summed E-state index contributed by atoms with van der Waals surface area (Å²) in [5, 5.41) is 3.56. The predicted molar refractivity (Wildman–Crippen MR) is 81.4 cm³/mol. The maximum atomic E-state index is 6.70. The fraction of sp³-hybridized carbons (Fsp3) is 1.00. The number of hydrogen-bond acceptors (Lipinski definition) is 2. The zero-order chi connectivity index (χ0) is 13.7. The van der Waals surface area contributed by atoms with Gasteiger partial charge in [-0.2, -0.15) is 0 Å². The summed E-state index contributed by atoms with van der Waals surface area (Å²) in [7, 11) is 0. The highest BCUT2D eigenvalue weighted by molar-refractivity contribution is 4.90. The highest BCUT2D eigenvalue weighted by atomic mass is 16.5. The molecular formula is C17H33NO. The SMILES string of the molecule is CCNCC1(OC2CCCC(C)C2)CCCC(C)C1. The third kappa shape index (κ3) is 4.46. The summed E-state index contributed by atoms with van der Waals surface area (Å²) in [4.78, 5) is 0. The molecule has 1 N–H and O–H groups in total.